The number of ether oxygens (including phenoxy) is 1. The summed E-state index contributed by atoms with van der Waals surface area (Å²) in [6.07, 6.45) is -0.421. The predicted octanol–water partition coefficient (Wildman–Crippen LogP) is 1.10. The molecule has 0 bridgehead atoms. The summed E-state index contributed by atoms with van der Waals surface area (Å²) in [7, 11) is 1.72. The molecule has 9 nitrogen and oxygen atoms in total. The lowest BCUT2D eigenvalue weighted by molar-refractivity contribution is -0.134. The zero-order valence-corrected chi connectivity index (χ0v) is 24.6. The minimum Gasteiger partial charge on any atom is -0.380 e. The molecule has 0 radical (unpaired) electrons. The first-order valence-corrected chi connectivity index (χ1v) is 15.8. The fourth-order valence-corrected chi connectivity index (χ4v) is 9.11. The number of nitrogens with one attached hydrogen (secondary N) is 5. The van der Waals surface area contributed by atoms with E-state index in [0.29, 0.717) is 38.6 Å². The number of thioether (sulfide) groups is 1. The van der Waals surface area contributed by atoms with Crippen LogP contribution >= 0.6 is 35.0 Å². The molecular weight excluding hydrogens is 573 g/mol. The first-order valence-electron chi connectivity index (χ1n) is 14.0. The van der Waals surface area contributed by atoms with Gasteiger partial charge in [-0.15, -0.1) is 35.0 Å². The van der Waals surface area contributed by atoms with Gasteiger partial charge in [0.05, 0.1) is 29.6 Å². The molecule has 5 N–H and O–H groups in total. The van der Waals surface area contributed by atoms with Gasteiger partial charge in [-0.25, -0.2) is 8.78 Å². The van der Waals surface area contributed by atoms with Crippen LogP contribution in [-0.2, 0) is 14.3 Å². The molecule has 5 saturated heterocycles. The van der Waals surface area contributed by atoms with Crippen LogP contribution in [0.4, 0.5) is 8.78 Å². The summed E-state index contributed by atoms with van der Waals surface area (Å²) in [5, 5.41) is 15.9. The van der Waals surface area contributed by atoms with Gasteiger partial charge in [0.15, 0.2) is 0 Å². The molecule has 0 saturated carbocycles. The van der Waals surface area contributed by atoms with Crippen LogP contribution in [0.3, 0.4) is 0 Å². The number of hydrogen-bond donors (Lipinski definition) is 5. The van der Waals surface area contributed by atoms with Gasteiger partial charge in [0, 0.05) is 56.0 Å². The molecule has 5 rings (SSSR count). The van der Waals surface area contributed by atoms with E-state index in [1.807, 2.05) is 0 Å². The first kappa shape index (κ1) is 30.0. The number of fused-ring (bicyclic) bond motifs is 1. The Kier molecular flexibility index (Phi) is 9.85. The van der Waals surface area contributed by atoms with Crippen LogP contribution in [0, 0.1) is 17.8 Å². The van der Waals surface area contributed by atoms with Crippen molar-refractivity contribution < 1.29 is 23.1 Å². The maximum atomic E-state index is 13.6. The Hall–Kier alpha value is -0.470. The van der Waals surface area contributed by atoms with E-state index in [0.717, 1.165) is 12.8 Å². The molecule has 0 aromatic rings. The van der Waals surface area contributed by atoms with Crippen LogP contribution in [0.25, 0.3) is 0 Å². The number of carbonyl (C=O) groups excluding carboxylic acids is 2. The highest BCUT2D eigenvalue weighted by Gasteiger charge is 2.48. The summed E-state index contributed by atoms with van der Waals surface area (Å²) < 4.78 is 32.3. The Morgan fingerprint density at radius 2 is 1.85 bits per heavy atom. The number of likely N-dealkylation sites (tertiary alicyclic amines) is 1. The van der Waals surface area contributed by atoms with Crippen molar-refractivity contribution in [3.63, 3.8) is 0 Å². The maximum absolute atomic E-state index is 13.6. The molecule has 14 heteroatoms. The van der Waals surface area contributed by atoms with Gasteiger partial charge in [-0.2, -0.15) is 0 Å². The highest BCUT2D eigenvalue weighted by Crippen LogP contribution is 2.39. The largest absolute Gasteiger partial charge is 0.380 e. The van der Waals surface area contributed by atoms with E-state index >= 15 is 0 Å². The number of piperidine rings is 3. The Morgan fingerprint density at radius 3 is 2.56 bits per heavy atom. The number of nitrogens with zero attached hydrogens (tertiary/aromatic N) is 1. The van der Waals surface area contributed by atoms with Crippen molar-refractivity contribution in [2.75, 3.05) is 33.3 Å². The second-order valence-corrected chi connectivity index (χ2v) is 14.2. The third kappa shape index (κ3) is 6.79. The molecular formula is C25H40Cl2F2N6O3S. The van der Waals surface area contributed by atoms with Gasteiger partial charge < -0.3 is 20.3 Å². The van der Waals surface area contributed by atoms with Crippen molar-refractivity contribution in [1.82, 2.24) is 31.5 Å². The molecule has 0 spiro atoms. The smallest absolute Gasteiger partial charge is 0.253 e. The van der Waals surface area contributed by atoms with E-state index in [1.54, 1.807) is 23.8 Å². The average Bonchev–Trinajstić information content (AvgIpc) is 3.46. The Morgan fingerprint density at radius 1 is 1.05 bits per heavy atom. The summed E-state index contributed by atoms with van der Waals surface area (Å²) in [6.45, 7) is 4.40. The Balaban J connectivity index is 1.15. The SMILES string of the molecule is COC1CNC(Cl)CC1C1CC(C)NCC1C(=O)NC1NC2CN(C(=O)C3CC(Cl)CC(C(F)F)N3)CC2S1. The van der Waals surface area contributed by atoms with Crippen LogP contribution in [0.2, 0.25) is 0 Å². The number of halogens is 4. The summed E-state index contributed by atoms with van der Waals surface area (Å²) in [5.41, 5.74) is -0.382. The summed E-state index contributed by atoms with van der Waals surface area (Å²) in [5.74, 6) is -0.0297. The van der Waals surface area contributed by atoms with Crippen LogP contribution in [0.5, 0.6) is 0 Å². The monoisotopic (exact) mass is 612 g/mol. The number of carbonyl (C=O) groups is 2. The molecule has 0 aromatic heterocycles. The van der Waals surface area contributed by atoms with Gasteiger partial charge in [-0.05, 0) is 44.4 Å². The quantitative estimate of drug-likeness (QED) is 0.224. The fraction of sp³-hybridized carbons (Fsp3) is 0.920. The minimum atomic E-state index is -2.56. The van der Waals surface area contributed by atoms with E-state index in [2.05, 4.69) is 33.5 Å². The third-order valence-corrected chi connectivity index (χ3v) is 11.1. The number of methoxy groups -OCH3 is 1. The third-order valence-electron chi connectivity index (χ3n) is 9.06. The van der Waals surface area contributed by atoms with E-state index in [1.165, 1.54) is 0 Å². The number of alkyl halides is 4. The summed E-state index contributed by atoms with van der Waals surface area (Å²) >= 11 is 14.3. The molecule has 5 aliphatic heterocycles. The normalized spacial score (nSPS) is 44.8. The molecule has 5 heterocycles. The van der Waals surface area contributed by atoms with Crippen LogP contribution in [0.1, 0.15) is 32.6 Å². The van der Waals surface area contributed by atoms with E-state index in [4.69, 9.17) is 27.9 Å². The van der Waals surface area contributed by atoms with Gasteiger partial charge >= 0.3 is 0 Å². The lowest BCUT2D eigenvalue weighted by atomic mass is 9.70. The Labute approximate surface area is 242 Å². The number of rotatable bonds is 6. The van der Waals surface area contributed by atoms with Gasteiger partial charge in [0.2, 0.25) is 11.8 Å². The first-order chi connectivity index (χ1) is 18.6. The highest BCUT2D eigenvalue weighted by atomic mass is 35.5. The number of amides is 2. The molecule has 0 aliphatic carbocycles. The van der Waals surface area contributed by atoms with Crippen LogP contribution in [0.15, 0.2) is 0 Å². The predicted molar refractivity (Wildman–Crippen MR) is 148 cm³/mol. The van der Waals surface area contributed by atoms with Crippen LogP contribution in [-0.4, -0.2) is 108 Å². The van der Waals surface area contributed by atoms with Crippen molar-refractivity contribution >= 4 is 46.8 Å². The Bertz CT molecular complexity index is 885. The van der Waals surface area contributed by atoms with Crippen molar-refractivity contribution in [2.45, 2.75) is 90.9 Å². The lowest BCUT2D eigenvalue weighted by Crippen LogP contribution is -2.58. The minimum absolute atomic E-state index is 0.00872. The lowest BCUT2D eigenvalue weighted by Gasteiger charge is -2.45. The van der Waals surface area contributed by atoms with Crippen LogP contribution < -0.4 is 26.6 Å². The second kappa shape index (κ2) is 12.8. The van der Waals surface area contributed by atoms with Crippen molar-refractivity contribution in [2.24, 2.45) is 17.8 Å². The zero-order chi connectivity index (χ0) is 27.8. The molecule has 2 amide bonds. The molecule has 39 heavy (non-hydrogen) atoms. The molecule has 5 aliphatic rings. The standard InChI is InChI=1S/C25H40Cl2F2N6O3S/c1-11-3-13(14-6-21(27)31-8-19(14)38-2)15(7-30-11)23(36)34-25-33-18-9-35(10-20(18)39-25)24(37)17-5-12(26)4-16(32-17)22(28)29/h11-22,25,30-33H,3-10H2,1-2H3,(H,34,36). The summed E-state index contributed by atoms with van der Waals surface area (Å²) in [6, 6.07) is -1.43. The second-order valence-electron chi connectivity index (χ2n) is 11.7. The maximum Gasteiger partial charge on any atom is 0.253 e. The number of hydrogen-bond acceptors (Lipinski definition) is 8. The van der Waals surface area contributed by atoms with Crippen molar-refractivity contribution in [1.29, 1.82) is 0 Å². The topological polar surface area (TPSA) is 107 Å². The van der Waals surface area contributed by atoms with Crippen molar-refractivity contribution in [3.05, 3.63) is 0 Å². The van der Waals surface area contributed by atoms with E-state index in [9.17, 15) is 18.4 Å². The van der Waals surface area contributed by atoms with E-state index in [-0.39, 0.29) is 64.4 Å². The fourth-order valence-electron chi connectivity index (χ4n) is 7.04. The zero-order valence-electron chi connectivity index (χ0n) is 22.3. The molecule has 12 unspecified atom stereocenters. The average molecular weight is 614 g/mol. The van der Waals surface area contributed by atoms with Gasteiger partial charge in [0.25, 0.3) is 6.43 Å². The van der Waals surface area contributed by atoms with Gasteiger partial charge in [-0.1, -0.05) is 0 Å². The van der Waals surface area contributed by atoms with Gasteiger partial charge in [-0.3, -0.25) is 25.5 Å². The molecule has 5 fully saturated rings. The van der Waals surface area contributed by atoms with E-state index < -0.39 is 23.9 Å². The highest BCUT2D eigenvalue weighted by molar-refractivity contribution is 8.00. The molecule has 222 valence electrons. The molecule has 12 atom stereocenters. The van der Waals surface area contributed by atoms with Gasteiger partial charge in [0.1, 0.15) is 5.50 Å². The molecule has 0 aromatic carbocycles. The summed E-state index contributed by atoms with van der Waals surface area (Å²) in [4.78, 5) is 28.4. The van der Waals surface area contributed by atoms with Crippen molar-refractivity contribution in [3.8, 4) is 0 Å².